The van der Waals surface area contributed by atoms with Crippen LogP contribution in [0.15, 0.2) is 18.2 Å². The standard InChI is InChI=1S/C31H42N2O2/c1-35-24-11-10-21-16-27-30-13-12-26-28(22(18-30)19-33(26)29(34)20-6-3-2-4-7-20)31(30,25(21)17-24)14-15-32(27)23-8-5-9-23/h10-11,17,20,22-23,26-28H,2-9,12-16,18-19H2,1H3/t22-,26?,27?,28?,30?,31?/m1/s1. The summed E-state index contributed by atoms with van der Waals surface area (Å²) in [6.07, 6.45) is 16.8. The zero-order chi connectivity index (χ0) is 23.4. The summed E-state index contributed by atoms with van der Waals surface area (Å²) in [5.41, 5.74) is 3.88. The fraction of sp³-hybridized carbons (Fsp3) is 0.774. The number of carbonyl (C=O) groups is 1. The minimum Gasteiger partial charge on any atom is -0.497 e. The van der Waals surface area contributed by atoms with Crippen molar-refractivity contribution >= 4 is 5.91 Å². The molecule has 1 aromatic rings. The van der Waals surface area contributed by atoms with Gasteiger partial charge in [-0.05, 0) is 105 Å². The second-order valence-corrected chi connectivity index (χ2v) is 13.4. The predicted octanol–water partition coefficient (Wildman–Crippen LogP) is 5.32. The molecule has 7 aliphatic rings. The molecule has 0 spiro atoms. The van der Waals surface area contributed by atoms with Gasteiger partial charge in [-0.1, -0.05) is 31.7 Å². The molecule has 6 fully saturated rings. The van der Waals surface area contributed by atoms with Crippen LogP contribution in [0.5, 0.6) is 5.75 Å². The van der Waals surface area contributed by atoms with Gasteiger partial charge in [0, 0.05) is 36.0 Å². The van der Waals surface area contributed by atoms with Gasteiger partial charge >= 0.3 is 0 Å². The molecule has 0 radical (unpaired) electrons. The molecular weight excluding hydrogens is 432 g/mol. The van der Waals surface area contributed by atoms with Crippen molar-refractivity contribution in [2.24, 2.45) is 23.2 Å². The molecule has 0 N–H and O–H groups in total. The molecule has 1 amide bonds. The number of carbonyl (C=O) groups excluding carboxylic acids is 1. The highest BCUT2D eigenvalue weighted by molar-refractivity contribution is 5.80. The maximum Gasteiger partial charge on any atom is 0.225 e. The van der Waals surface area contributed by atoms with E-state index in [0.717, 1.165) is 31.2 Å². The van der Waals surface area contributed by atoms with E-state index in [1.165, 1.54) is 77.2 Å². The van der Waals surface area contributed by atoms with E-state index in [1.54, 1.807) is 11.1 Å². The number of benzene rings is 1. The largest absolute Gasteiger partial charge is 0.497 e. The molecule has 188 valence electrons. The van der Waals surface area contributed by atoms with Crippen LogP contribution in [0.25, 0.3) is 0 Å². The van der Waals surface area contributed by atoms with E-state index in [-0.39, 0.29) is 5.41 Å². The zero-order valence-corrected chi connectivity index (χ0v) is 21.5. The summed E-state index contributed by atoms with van der Waals surface area (Å²) in [5.74, 6) is 3.20. The third-order valence-corrected chi connectivity index (χ3v) is 12.5. The van der Waals surface area contributed by atoms with E-state index in [2.05, 4.69) is 28.0 Å². The summed E-state index contributed by atoms with van der Waals surface area (Å²) in [5, 5.41) is 0. The zero-order valence-electron chi connectivity index (χ0n) is 21.5. The summed E-state index contributed by atoms with van der Waals surface area (Å²) < 4.78 is 5.80. The number of nitrogens with zero attached hydrogens (tertiary/aromatic N) is 2. The number of hydrogen-bond donors (Lipinski definition) is 0. The lowest BCUT2D eigenvalue weighted by Gasteiger charge is -2.68. The molecule has 6 atom stereocenters. The van der Waals surface area contributed by atoms with Gasteiger partial charge in [-0.3, -0.25) is 9.69 Å². The van der Waals surface area contributed by atoms with Crippen molar-refractivity contribution in [2.45, 2.75) is 107 Å². The molecule has 1 aromatic carbocycles. The highest BCUT2D eigenvalue weighted by Gasteiger charge is 2.76. The third-order valence-electron chi connectivity index (χ3n) is 12.5. The average Bonchev–Trinajstić information content (AvgIpc) is 3.30. The predicted molar refractivity (Wildman–Crippen MR) is 136 cm³/mol. The molecule has 2 saturated heterocycles. The quantitative estimate of drug-likeness (QED) is 0.594. The van der Waals surface area contributed by atoms with Gasteiger partial charge in [0.2, 0.25) is 5.91 Å². The Kier molecular flexibility index (Phi) is 4.61. The van der Waals surface area contributed by atoms with Gasteiger partial charge in [0.15, 0.2) is 0 Å². The number of fused-ring (bicyclic) bond motifs is 1. The van der Waals surface area contributed by atoms with Crippen molar-refractivity contribution in [1.29, 1.82) is 0 Å². The van der Waals surface area contributed by atoms with Gasteiger partial charge in [-0.15, -0.1) is 0 Å². The maximum absolute atomic E-state index is 13.9. The summed E-state index contributed by atoms with van der Waals surface area (Å²) in [4.78, 5) is 19.3. The first-order chi connectivity index (χ1) is 17.2. The fourth-order valence-corrected chi connectivity index (χ4v) is 11.1. The van der Waals surface area contributed by atoms with E-state index in [4.69, 9.17) is 4.74 Å². The molecule has 4 bridgehead atoms. The van der Waals surface area contributed by atoms with Crippen LogP contribution >= 0.6 is 0 Å². The Morgan fingerprint density at radius 1 is 1.03 bits per heavy atom. The number of methoxy groups -OCH3 is 1. The Bertz CT molecular complexity index is 1040. The Labute approximate surface area is 210 Å². The number of likely N-dealkylation sites (tertiary alicyclic amines) is 2. The summed E-state index contributed by atoms with van der Waals surface area (Å²) in [6.45, 7) is 2.31. The Morgan fingerprint density at radius 2 is 1.89 bits per heavy atom. The minimum absolute atomic E-state index is 0.245. The van der Waals surface area contributed by atoms with Crippen molar-refractivity contribution in [2.75, 3.05) is 20.2 Å². The molecule has 5 aliphatic carbocycles. The molecule has 4 nitrogen and oxygen atoms in total. The van der Waals surface area contributed by atoms with Crippen LogP contribution in [-0.4, -0.2) is 54.0 Å². The smallest absolute Gasteiger partial charge is 0.225 e. The van der Waals surface area contributed by atoms with Gasteiger partial charge in [-0.2, -0.15) is 0 Å². The summed E-state index contributed by atoms with van der Waals surface area (Å²) in [7, 11) is 1.82. The normalized spacial score (nSPS) is 42.4. The van der Waals surface area contributed by atoms with E-state index >= 15 is 0 Å². The van der Waals surface area contributed by atoms with E-state index in [0.29, 0.717) is 41.2 Å². The number of piperidine rings is 1. The van der Waals surface area contributed by atoms with Crippen LogP contribution in [-0.2, 0) is 16.6 Å². The van der Waals surface area contributed by atoms with Gasteiger partial charge in [0.25, 0.3) is 0 Å². The van der Waals surface area contributed by atoms with Crippen molar-refractivity contribution in [3.05, 3.63) is 29.3 Å². The van der Waals surface area contributed by atoms with Gasteiger partial charge in [0.05, 0.1) is 7.11 Å². The summed E-state index contributed by atoms with van der Waals surface area (Å²) >= 11 is 0. The first-order valence-corrected chi connectivity index (χ1v) is 14.9. The SMILES string of the molecule is COc1ccc2c(c1)C13CCN(C4CCC4)C(C2)C12CCC1C3[C@@H](CN1C(=O)C1CCCCC1)C2. The van der Waals surface area contributed by atoms with Crippen LogP contribution in [0.4, 0.5) is 0 Å². The van der Waals surface area contributed by atoms with Crippen LogP contribution in [0.2, 0.25) is 0 Å². The minimum atomic E-state index is 0.245. The molecular formula is C31H42N2O2. The monoisotopic (exact) mass is 474 g/mol. The van der Waals surface area contributed by atoms with Gasteiger partial charge in [-0.25, -0.2) is 0 Å². The Morgan fingerprint density at radius 3 is 2.66 bits per heavy atom. The fourth-order valence-electron chi connectivity index (χ4n) is 11.1. The van der Waals surface area contributed by atoms with Crippen molar-refractivity contribution in [3.8, 4) is 5.75 Å². The van der Waals surface area contributed by atoms with Crippen LogP contribution < -0.4 is 4.74 Å². The lowest BCUT2D eigenvalue weighted by atomic mass is 9.43. The lowest BCUT2D eigenvalue weighted by Crippen LogP contribution is -2.71. The highest BCUT2D eigenvalue weighted by Crippen LogP contribution is 2.76. The molecule has 4 saturated carbocycles. The molecule has 35 heavy (non-hydrogen) atoms. The molecule has 2 heterocycles. The molecule has 5 unspecified atom stereocenters. The number of ether oxygens (including phenoxy) is 1. The van der Waals surface area contributed by atoms with E-state index in [1.807, 2.05) is 7.11 Å². The van der Waals surface area contributed by atoms with Crippen molar-refractivity contribution < 1.29 is 9.53 Å². The van der Waals surface area contributed by atoms with Crippen molar-refractivity contribution in [1.82, 2.24) is 9.80 Å². The first kappa shape index (κ1) is 21.5. The molecule has 2 aliphatic heterocycles. The van der Waals surface area contributed by atoms with E-state index < -0.39 is 0 Å². The Hall–Kier alpha value is -1.55. The third kappa shape index (κ3) is 2.61. The van der Waals surface area contributed by atoms with Crippen LogP contribution in [0.1, 0.15) is 88.2 Å². The van der Waals surface area contributed by atoms with Gasteiger partial charge in [0.1, 0.15) is 5.75 Å². The number of hydrogen-bond acceptors (Lipinski definition) is 3. The second kappa shape index (κ2) is 7.49. The number of amides is 1. The number of rotatable bonds is 3. The second-order valence-electron chi connectivity index (χ2n) is 13.4. The topological polar surface area (TPSA) is 32.8 Å². The van der Waals surface area contributed by atoms with E-state index in [9.17, 15) is 4.79 Å². The molecule has 4 heteroatoms. The maximum atomic E-state index is 13.9. The van der Waals surface area contributed by atoms with Crippen molar-refractivity contribution in [3.63, 3.8) is 0 Å². The summed E-state index contributed by atoms with van der Waals surface area (Å²) in [6, 6.07) is 9.05. The molecule has 8 rings (SSSR count). The first-order valence-electron chi connectivity index (χ1n) is 14.9. The van der Waals surface area contributed by atoms with Crippen LogP contribution in [0.3, 0.4) is 0 Å². The van der Waals surface area contributed by atoms with Crippen LogP contribution in [0, 0.1) is 23.2 Å². The highest BCUT2D eigenvalue weighted by atomic mass is 16.5. The lowest BCUT2D eigenvalue weighted by molar-refractivity contribution is -0.147. The Balaban J connectivity index is 1.23. The van der Waals surface area contributed by atoms with Gasteiger partial charge < -0.3 is 9.64 Å². The average molecular weight is 475 g/mol. The molecule has 0 aromatic heterocycles.